The normalized spacial score (nSPS) is 27.9. The average molecular weight is 266 g/mol. The molecule has 2 atom stereocenters. The lowest BCUT2D eigenvalue weighted by Gasteiger charge is -2.40. The SMILES string of the molecule is NC1CCCN(C2CC2)C1c1ccc2ccccc2c1. The maximum absolute atomic E-state index is 6.47. The zero-order valence-electron chi connectivity index (χ0n) is 11.8. The van der Waals surface area contributed by atoms with E-state index >= 15 is 0 Å². The lowest BCUT2D eigenvalue weighted by molar-refractivity contribution is 0.120. The van der Waals surface area contributed by atoms with E-state index in [0.29, 0.717) is 6.04 Å². The van der Waals surface area contributed by atoms with Crippen LogP contribution in [0.1, 0.15) is 37.3 Å². The Kier molecular flexibility index (Phi) is 3.01. The molecule has 1 saturated heterocycles. The first-order valence-corrected chi connectivity index (χ1v) is 7.83. The largest absolute Gasteiger partial charge is 0.326 e. The standard InChI is InChI=1S/C18H22N2/c19-17-6-3-11-20(16-9-10-16)18(17)15-8-7-13-4-1-2-5-14(13)12-15/h1-2,4-5,7-8,12,16-18H,3,6,9-11,19H2. The summed E-state index contributed by atoms with van der Waals surface area (Å²) in [6.45, 7) is 1.22. The summed E-state index contributed by atoms with van der Waals surface area (Å²) in [7, 11) is 0. The van der Waals surface area contributed by atoms with Crippen molar-refractivity contribution in [1.82, 2.24) is 4.90 Å². The number of likely N-dealkylation sites (tertiary alicyclic amines) is 1. The third kappa shape index (κ3) is 2.13. The highest BCUT2D eigenvalue weighted by atomic mass is 15.2. The summed E-state index contributed by atoms with van der Waals surface area (Å²) in [5.74, 6) is 0. The van der Waals surface area contributed by atoms with Crippen LogP contribution in [-0.2, 0) is 0 Å². The fourth-order valence-electron chi connectivity index (χ4n) is 3.70. The van der Waals surface area contributed by atoms with Gasteiger partial charge in [-0.2, -0.15) is 0 Å². The maximum Gasteiger partial charge on any atom is 0.0502 e. The van der Waals surface area contributed by atoms with Crippen LogP contribution >= 0.6 is 0 Å². The zero-order valence-corrected chi connectivity index (χ0v) is 11.8. The van der Waals surface area contributed by atoms with Gasteiger partial charge in [0.25, 0.3) is 0 Å². The molecule has 4 rings (SSSR count). The molecule has 0 radical (unpaired) electrons. The van der Waals surface area contributed by atoms with E-state index in [1.165, 1.54) is 42.1 Å². The lowest BCUT2D eigenvalue weighted by atomic mass is 9.89. The first-order chi connectivity index (χ1) is 9.83. The summed E-state index contributed by atoms with van der Waals surface area (Å²) in [4.78, 5) is 2.66. The molecular formula is C18H22N2. The Labute approximate surface area is 120 Å². The number of rotatable bonds is 2. The van der Waals surface area contributed by atoms with Gasteiger partial charge in [0.15, 0.2) is 0 Å². The van der Waals surface area contributed by atoms with Crippen molar-refractivity contribution < 1.29 is 0 Å². The topological polar surface area (TPSA) is 29.3 Å². The van der Waals surface area contributed by atoms with Gasteiger partial charge >= 0.3 is 0 Å². The maximum atomic E-state index is 6.47. The van der Waals surface area contributed by atoms with Crippen molar-refractivity contribution >= 4 is 10.8 Å². The summed E-state index contributed by atoms with van der Waals surface area (Å²) in [6.07, 6.45) is 5.12. The Balaban J connectivity index is 1.74. The number of piperidine rings is 1. The smallest absolute Gasteiger partial charge is 0.0502 e. The zero-order chi connectivity index (χ0) is 13.5. The predicted octanol–water partition coefficient (Wildman–Crippen LogP) is 3.47. The van der Waals surface area contributed by atoms with Crippen LogP contribution in [0, 0.1) is 0 Å². The predicted molar refractivity (Wildman–Crippen MR) is 83.6 cm³/mol. The molecule has 1 saturated carbocycles. The van der Waals surface area contributed by atoms with Crippen molar-refractivity contribution in [1.29, 1.82) is 0 Å². The molecule has 0 amide bonds. The molecule has 1 aliphatic heterocycles. The highest BCUT2D eigenvalue weighted by Gasteiger charge is 2.39. The third-order valence-electron chi connectivity index (χ3n) is 4.85. The van der Waals surface area contributed by atoms with Gasteiger partial charge in [0, 0.05) is 12.1 Å². The van der Waals surface area contributed by atoms with E-state index in [-0.39, 0.29) is 6.04 Å². The van der Waals surface area contributed by atoms with Crippen molar-refractivity contribution in [2.45, 2.75) is 43.8 Å². The Morgan fingerprint density at radius 3 is 2.55 bits per heavy atom. The minimum Gasteiger partial charge on any atom is -0.326 e. The van der Waals surface area contributed by atoms with Gasteiger partial charge in [-0.05, 0) is 54.6 Å². The molecular weight excluding hydrogens is 244 g/mol. The second-order valence-electron chi connectivity index (χ2n) is 6.33. The van der Waals surface area contributed by atoms with Gasteiger partial charge in [-0.3, -0.25) is 4.90 Å². The van der Waals surface area contributed by atoms with E-state index in [0.717, 1.165) is 12.5 Å². The van der Waals surface area contributed by atoms with E-state index in [1.807, 2.05) is 0 Å². The molecule has 2 aromatic carbocycles. The van der Waals surface area contributed by atoms with Crippen molar-refractivity contribution in [3.63, 3.8) is 0 Å². The van der Waals surface area contributed by atoms with Crippen molar-refractivity contribution in [2.24, 2.45) is 5.73 Å². The fourth-order valence-corrected chi connectivity index (χ4v) is 3.70. The van der Waals surface area contributed by atoms with Crippen LogP contribution in [0.3, 0.4) is 0 Å². The second-order valence-corrected chi connectivity index (χ2v) is 6.33. The van der Waals surface area contributed by atoms with Crippen LogP contribution in [0.4, 0.5) is 0 Å². The summed E-state index contributed by atoms with van der Waals surface area (Å²) >= 11 is 0. The van der Waals surface area contributed by atoms with E-state index in [4.69, 9.17) is 5.73 Å². The van der Waals surface area contributed by atoms with Gasteiger partial charge in [-0.15, -0.1) is 0 Å². The molecule has 2 heteroatoms. The number of benzene rings is 2. The minimum atomic E-state index is 0.283. The van der Waals surface area contributed by atoms with Gasteiger partial charge in [-0.1, -0.05) is 36.4 Å². The Morgan fingerprint density at radius 1 is 0.950 bits per heavy atom. The van der Waals surface area contributed by atoms with Crippen LogP contribution in [-0.4, -0.2) is 23.5 Å². The molecule has 2 fully saturated rings. The Hall–Kier alpha value is -1.38. The molecule has 1 heterocycles. The number of nitrogens with zero attached hydrogens (tertiary/aromatic N) is 1. The van der Waals surface area contributed by atoms with E-state index in [9.17, 15) is 0 Å². The van der Waals surface area contributed by atoms with Gasteiger partial charge in [0.1, 0.15) is 0 Å². The molecule has 2 unspecified atom stereocenters. The van der Waals surface area contributed by atoms with Crippen molar-refractivity contribution in [3.05, 3.63) is 48.0 Å². The molecule has 2 aromatic rings. The number of hydrogen-bond donors (Lipinski definition) is 1. The highest BCUT2D eigenvalue weighted by Crippen LogP contribution is 2.39. The molecule has 2 N–H and O–H groups in total. The van der Waals surface area contributed by atoms with Crippen LogP contribution < -0.4 is 5.73 Å². The highest BCUT2D eigenvalue weighted by molar-refractivity contribution is 5.83. The number of fused-ring (bicyclic) bond motifs is 1. The Bertz CT molecular complexity index is 618. The Morgan fingerprint density at radius 2 is 1.75 bits per heavy atom. The summed E-state index contributed by atoms with van der Waals surface area (Å²) < 4.78 is 0. The number of nitrogens with two attached hydrogens (primary N) is 1. The van der Waals surface area contributed by atoms with Crippen LogP contribution in [0.2, 0.25) is 0 Å². The molecule has 2 nitrogen and oxygen atoms in total. The molecule has 0 spiro atoms. The van der Waals surface area contributed by atoms with Gasteiger partial charge < -0.3 is 5.73 Å². The second kappa shape index (κ2) is 4.87. The van der Waals surface area contributed by atoms with E-state index in [2.05, 4.69) is 47.4 Å². The molecule has 0 bridgehead atoms. The fraction of sp³-hybridized carbons (Fsp3) is 0.444. The summed E-state index contributed by atoms with van der Waals surface area (Å²) in [6, 6.07) is 17.0. The van der Waals surface area contributed by atoms with E-state index < -0.39 is 0 Å². The lowest BCUT2D eigenvalue weighted by Crippen LogP contribution is -2.46. The van der Waals surface area contributed by atoms with Gasteiger partial charge in [0.2, 0.25) is 0 Å². The van der Waals surface area contributed by atoms with Crippen LogP contribution in [0.15, 0.2) is 42.5 Å². The molecule has 0 aromatic heterocycles. The quantitative estimate of drug-likeness (QED) is 0.902. The summed E-state index contributed by atoms with van der Waals surface area (Å²) in [5.41, 5.74) is 7.87. The van der Waals surface area contributed by atoms with Gasteiger partial charge in [0.05, 0.1) is 6.04 Å². The average Bonchev–Trinajstić information content (AvgIpc) is 3.31. The molecule has 1 aliphatic carbocycles. The molecule has 20 heavy (non-hydrogen) atoms. The minimum absolute atomic E-state index is 0.283. The summed E-state index contributed by atoms with van der Waals surface area (Å²) in [5, 5.41) is 2.65. The molecule has 2 aliphatic rings. The van der Waals surface area contributed by atoms with Crippen LogP contribution in [0.25, 0.3) is 10.8 Å². The van der Waals surface area contributed by atoms with Crippen LogP contribution in [0.5, 0.6) is 0 Å². The van der Waals surface area contributed by atoms with E-state index in [1.54, 1.807) is 0 Å². The monoisotopic (exact) mass is 266 g/mol. The van der Waals surface area contributed by atoms with Crippen molar-refractivity contribution in [2.75, 3.05) is 6.54 Å². The molecule has 104 valence electrons. The third-order valence-corrected chi connectivity index (χ3v) is 4.85. The van der Waals surface area contributed by atoms with Gasteiger partial charge in [-0.25, -0.2) is 0 Å². The van der Waals surface area contributed by atoms with Crippen molar-refractivity contribution in [3.8, 4) is 0 Å². The first kappa shape index (κ1) is 12.4. The number of hydrogen-bond acceptors (Lipinski definition) is 2. The first-order valence-electron chi connectivity index (χ1n) is 7.83.